The molecular formula is C26H24N2O. The van der Waals surface area contributed by atoms with E-state index in [0.29, 0.717) is 5.82 Å². The van der Waals surface area contributed by atoms with Crippen LogP contribution >= 0.6 is 0 Å². The average molecular weight is 380 g/mol. The van der Waals surface area contributed by atoms with Crippen LogP contribution in [0.2, 0.25) is 0 Å². The Kier molecular flexibility index (Phi) is 4.89. The molecule has 3 heteroatoms. The van der Waals surface area contributed by atoms with E-state index in [-0.39, 0.29) is 5.91 Å². The van der Waals surface area contributed by atoms with E-state index in [1.807, 2.05) is 112 Å². The van der Waals surface area contributed by atoms with Gasteiger partial charge in [0.05, 0.1) is 11.4 Å². The lowest BCUT2D eigenvalue weighted by molar-refractivity contribution is 0.0771. The zero-order valence-corrected chi connectivity index (χ0v) is 17.0. The molecule has 0 saturated heterocycles. The quantitative estimate of drug-likeness (QED) is 0.403. The van der Waals surface area contributed by atoms with E-state index in [1.165, 1.54) is 0 Å². The number of imidazole rings is 1. The third-order valence-corrected chi connectivity index (χ3v) is 4.85. The minimum atomic E-state index is -0.554. The highest BCUT2D eigenvalue weighted by atomic mass is 16.2. The Morgan fingerprint density at radius 2 is 1.14 bits per heavy atom. The van der Waals surface area contributed by atoms with Gasteiger partial charge in [0.25, 0.3) is 0 Å². The molecule has 1 heterocycles. The van der Waals surface area contributed by atoms with E-state index in [4.69, 9.17) is 4.98 Å². The van der Waals surface area contributed by atoms with Gasteiger partial charge in [0.1, 0.15) is 5.82 Å². The van der Waals surface area contributed by atoms with Crippen LogP contribution in [-0.4, -0.2) is 15.5 Å². The average Bonchev–Trinajstić information content (AvgIpc) is 3.15. The monoisotopic (exact) mass is 380 g/mol. The summed E-state index contributed by atoms with van der Waals surface area (Å²) in [5, 5.41) is 0. The second kappa shape index (κ2) is 7.51. The second-order valence-electron chi connectivity index (χ2n) is 8.12. The van der Waals surface area contributed by atoms with Crippen LogP contribution in [0.1, 0.15) is 25.6 Å². The van der Waals surface area contributed by atoms with Crippen molar-refractivity contribution in [1.82, 2.24) is 9.55 Å². The maximum absolute atomic E-state index is 13.6. The van der Waals surface area contributed by atoms with Crippen molar-refractivity contribution in [2.24, 2.45) is 5.41 Å². The first-order valence-electron chi connectivity index (χ1n) is 9.80. The Balaban J connectivity index is 2.10. The van der Waals surface area contributed by atoms with Crippen LogP contribution in [0.5, 0.6) is 0 Å². The van der Waals surface area contributed by atoms with Gasteiger partial charge in [-0.25, -0.2) is 4.98 Å². The molecule has 4 aromatic rings. The molecule has 0 aliphatic carbocycles. The van der Waals surface area contributed by atoms with Crippen LogP contribution in [0.4, 0.5) is 0 Å². The Hall–Kier alpha value is -3.46. The molecule has 144 valence electrons. The Labute approximate surface area is 171 Å². The van der Waals surface area contributed by atoms with Crippen LogP contribution in [0.15, 0.2) is 91.0 Å². The van der Waals surface area contributed by atoms with Crippen LogP contribution in [0.3, 0.4) is 0 Å². The predicted octanol–water partition coefficient (Wildman–Crippen LogP) is 6.57. The van der Waals surface area contributed by atoms with Crippen molar-refractivity contribution < 1.29 is 4.79 Å². The van der Waals surface area contributed by atoms with Crippen molar-refractivity contribution in [3.05, 3.63) is 91.0 Å². The first kappa shape index (κ1) is 18.9. The van der Waals surface area contributed by atoms with Gasteiger partial charge in [-0.15, -0.1) is 0 Å². The Morgan fingerprint density at radius 1 is 0.690 bits per heavy atom. The maximum atomic E-state index is 13.6. The fourth-order valence-corrected chi connectivity index (χ4v) is 3.39. The summed E-state index contributed by atoms with van der Waals surface area (Å²) in [6.45, 7) is 5.84. The standard InChI is InChI=1S/C26H24N2O/c1-26(2,3)25(29)28-23(20-15-9-5-10-16-20)22(19-13-7-4-8-14-19)27-24(28)21-17-11-6-12-18-21/h4-18H,1-3H3. The summed E-state index contributed by atoms with van der Waals surface area (Å²) in [5.74, 6) is 0.688. The smallest absolute Gasteiger partial charge is 0.238 e. The summed E-state index contributed by atoms with van der Waals surface area (Å²) in [4.78, 5) is 18.6. The highest BCUT2D eigenvalue weighted by molar-refractivity contribution is 5.96. The van der Waals surface area contributed by atoms with E-state index in [9.17, 15) is 4.79 Å². The van der Waals surface area contributed by atoms with Crippen molar-refractivity contribution in [3.63, 3.8) is 0 Å². The number of hydrogen-bond donors (Lipinski definition) is 0. The Bertz CT molecular complexity index is 1120. The van der Waals surface area contributed by atoms with E-state index < -0.39 is 5.41 Å². The van der Waals surface area contributed by atoms with Gasteiger partial charge in [0.2, 0.25) is 5.91 Å². The summed E-state index contributed by atoms with van der Waals surface area (Å²) < 4.78 is 1.80. The topological polar surface area (TPSA) is 34.9 Å². The van der Waals surface area contributed by atoms with Crippen molar-refractivity contribution >= 4 is 5.91 Å². The zero-order chi connectivity index (χ0) is 20.4. The number of carbonyl (C=O) groups is 1. The number of hydrogen-bond acceptors (Lipinski definition) is 2. The molecule has 0 atom stereocenters. The predicted molar refractivity (Wildman–Crippen MR) is 119 cm³/mol. The first-order chi connectivity index (χ1) is 14.0. The number of nitrogens with zero attached hydrogens (tertiary/aromatic N) is 2. The lowest BCUT2D eigenvalue weighted by atomic mass is 9.94. The summed E-state index contributed by atoms with van der Waals surface area (Å²) >= 11 is 0. The van der Waals surface area contributed by atoms with Crippen molar-refractivity contribution in [3.8, 4) is 33.9 Å². The molecule has 0 radical (unpaired) electrons. The highest BCUT2D eigenvalue weighted by Gasteiger charge is 2.31. The Morgan fingerprint density at radius 3 is 1.62 bits per heavy atom. The zero-order valence-electron chi connectivity index (χ0n) is 17.0. The van der Waals surface area contributed by atoms with Crippen LogP contribution in [-0.2, 0) is 0 Å². The van der Waals surface area contributed by atoms with E-state index in [1.54, 1.807) is 4.57 Å². The lowest BCUT2D eigenvalue weighted by Crippen LogP contribution is -2.28. The molecule has 0 saturated carbocycles. The minimum absolute atomic E-state index is 0.0184. The number of benzene rings is 3. The summed E-state index contributed by atoms with van der Waals surface area (Å²) in [6, 6.07) is 30.0. The van der Waals surface area contributed by atoms with E-state index >= 15 is 0 Å². The molecule has 0 N–H and O–H groups in total. The fourth-order valence-electron chi connectivity index (χ4n) is 3.39. The molecule has 0 spiro atoms. The third kappa shape index (κ3) is 3.64. The van der Waals surface area contributed by atoms with Gasteiger partial charge in [-0.05, 0) is 0 Å². The molecule has 1 aromatic heterocycles. The molecule has 0 amide bonds. The summed E-state index contributed by atoms with van der Waals surface area (Å²) in [7, 11) is 0. The van der Waals surface area contributed by atoms with Crippen LogP contribution in [0.25, 0.3) is 33.9 Å². The van der Waals surface area contributed by atoms with Gasteiger partial charge in [-0.1, -0.05) is 112 Å². The normalized spacial score (nSPS) is 11.4. The third-order valence-electron chi connectivity index (χ3n) is 4.85. The summed E-state index contributed by atoms with van der Waals surface area (Å²) in [5.41, 5.74) is 3.97. The number of aromatic nitrogens is 2. The number of carbonyl (C=O) groups excluding carboxylic acids is 1. The maximum Gasteiger partial charge on any atom is 0.238 e. The van der Waals surface area contributed by atoms with Gasteiger partial charge in [0, 0.05) is 22.1 Å². The van der Waals surface area contributed by atoms with Gasteiger partial charge in [0.15, 0.2) is 0 Å². The van der Waals surface area contributed by atoms with E-state index in [0.717, 1.165) is 28.1 Å². The van der Waals surface area contributed by atoms with Crippen molar-refractivity contribution in [1.29, 1.82) is 0 Å². The summed E-state index contributed by atoms with van der Waals surface area (Å²) in [6.07, 6.45) is 0. The van der Waals surface area contributed by atoms with Gasteiger partial charge in [-0.3, -0.25) is 9.36 Å². The van der Waals surface area contributed by atoms with E-state index in [2.05, 4.69) is 0 Å². The fraction of sp³-hybridized carbons (Fsp3) is 0.154. The van der Waals surface area contributed by atoms with Gasteiger partial charge >= 0.3 is 0 Å². The SMILES string of the molecule is CC(C)(C)C(=O)n1c(-c2ccccc2)nc(-c2ccccc2)c1-c1ccccc1. The van der Waals surface area contributed by atoms with Gasteiger partial charge in [-0.2, -0.15) is 0 Å². The molecular weight excluding hydrogens is 356 g/mol. The molecule has 0 fully saturated rings. The molecule has 3 aromatic carbocycles. The highest BCUT2D eigenvalue weighted by Crippen LogP contribution is 2.37. The molecule has 0 bridgehead atoms. The van der Waals surface area contributed by atoms with Crippen LogP contribution < -0.4 is 0 Å². The second-order valence-corrected chi connectivity index (χ2v) is 8.12. The minimum Gasteiger partial charge on any atom is -0.273 e. The molecule has 4 rings (SSSR count). The molecule has 29 heavy (non-hydrogen) atoms. The molecule has 0 aliphatic rings. The number of rotatable bonds is 3. The van der Waals surface area contributed by atoms with Gasteiger partial charge < -0.3 is 0 Å². The van der Waals surface area contributed by atoms with Crippen LogP contribution in [0, 0.1) is 5.41 Å². The largest absolute Gasteiger partial charge is 0.273 e. The van der Waals surface area contributed by atoms with Crippen molar-refractivity contribution in [2.75, 3.05) is 0 Å². The van der Waals surface area contributed by atoms with Crippen molar-refractivity contribution in [2.45, 2.75) is 20.8 Å². The molecule has 3 nitrogen and oxygen atoms in total. The lowest BCUT2D eigenvalue weighted by Gasteiger charge is -2.21. The first-order valence-corrected chi connectivity index (χ1v) is 9.80. The molecule has 0 aliphatic heterocycles. The molecule has 0 unspecified atom stereocenters.